The van der Waals surface area contributed by atoms with Crippen molar-refractivity contribution in [3.8, 4) is 0 Å². The Kier molecular flexibility index (Phi) is 5.31. The molecule has 18 heavy (non-hydrogen) atoms. The van der Waals surface area contributed by atoms with Gasteiger partial charge in [-0.1, -0.05) is 30.3 Å². The van der Waals surface area contributed by atoms with Gasteiger partial charge in [-0.25, -0.2) is 8.42 Å². The minimum absolute atomic E-state index is 0.0319. The van der Waals surface area contributed by atoms with E-state index in [0.29, 0.717) is 13.0 Å². The Labute approximate surface area is 109 Å². The van der Waals surface area contributed by atoms with Crippen LogP contribution in [0, 0.1) is 0 Å². The minimum atomic E-state index is -2.92. The quantitative estimate of drug-likeness (QED) is 0.724. The van der Waals surface area contributed by atoms with Crippen molar-refractivity contribution >= 4 is 9.84 Å². The van der Waals surface area contributed by atoms with E-state index < -0.39 is 15.4 Å². The highest BCUT2D eigenvalue weighted by atomic mass is 32.2. The highest BCUT2D eigenvalue weighted by Crippen LogP contribution is 2.19. The van der Waals surface area contributed by atoms with Gasteiger partial charge in [0.15, 0.2) is 0 Å². The summed E-state index contributed by atoms with van der Waals surface area (Å²) in [7, 11) is -2.92. The fraction of sp³-hybridized carbons (Fsp3) is 0.538. The first-order valence-corrected chi connectivity index (χ1v) is 8.02. The number of benzene rings is 1. The Morgan fingerprint density at radius 1 is 1.28 bits per heavy atom. The number of aliphatic hydroxyl groups excluding tert-OH is 1. The van der Waals surface area contributed by atoms with Crippen LogP contribution < -0.4 is 5.32 Å². The number of nitrogens with one attached hydrogen (secondary N) is 1. The maximum Gasteiger partial charge on any atom is 0.147 e. The predicted octanol–water partition coefficient (Wildman–Crippen LogP) is 0.918. The van der Waals surface area contributed by atoms with Crippen LogP contribution in [-0.2, 0) is 15.4 Å². The van der Waals surface area contributed by atoms with Crippen LogP contribution in [0.25, 0.3) is 0 Å². The molecule has 0 aliphatic carbocycles. The average molecular weight is 271 g/mol. The van der Waals surface area contributed by atoms with Crippen LogP contribution >= 0.6 is 0 Å². The molecule has 2 N–H and O–H groups in total. The lowest BCUT2D eigenvalue weighted by molar-refractivity contribution is 0.175. The number of rotatable bonds is 7. The fourth-order valence-corrected chi connectivity index (χ4v) is 2.42. The molecule has 0 radical (unpaired) electrons. The number of sulfone groups is 1. The topological polar surface area (TPSA) is 66.4 Å². The average Bonchev–Trinajstić information content (AvgIpc) is 2.34. The van der Waals surface area contributed by atoms with Crippen molar-refractivity contribution in [3.63, 3.8) is 0 Å². The molecule has 0 amide bonds. The summed E-state index contributed by atoms with van der Waals surface area (Å²) in [6.45, 7) is 2.43. The molecule has 1 atom stereocenters. The summed E-state index contributed by atoms with van der Waals surface area (Å²) in [5.74, 6) is 0.163. The van der Waals surface area contributed by atoms with Gasteiger partial charge in [0.1, 0.15) is 9.84 Å². The number of hydrogen-bond acceptors (Lipinski definition) is 4. The zero-order chi connectivity index (χ0) is 13.6. The Balaban J connectivity index is 2.57. The lowest BCUT2D eigenvalue weighted by Gasteiger charge is -2.29. The van der Waals surface area contributed by atoms with Crippen molar-refractivity contribution in [1.82, 2.24) is 5.32 Å². The van der Waals surface area contributed by atoms with Crippen LogP contribution in [0.1, 0.15) is 18.9 Å². The molecule has 5 heteroatoms. The summed E-state index contributed by atoms with van der Waals surface area (Å²) in [5.41, 5.74) is 0.463. The molecular weight excluding hydrogens is 250 g/mol. The van der Waals surface area contributed by atoms with Gasteiger partial charge in [0.25, 0.3) is 0 Å². The summed E-state index contributed by atoms with van der Waals surface area (Å²) >= 11 is 0. The molecule has 4 nitrogen and oxygen atoms in total. The smallest absolute Gasteiger partial charge is 0.147 e. The Hall–Kier alpha value is -0.910. The van der Waals surface area contributed by atoms with Crippen LogP contribution in [0.5, 0.6) is 0 Å². The maximum atomic E-state index is 11.0. The minimum Gasteiger partial charge on any atom is -0.394 e. The van der Waals surface area contributed by atoms with Gasteiger partial charge in [0.05, 0.1) is 17.9 Å². The molecule has 0 spiro atoms. The second-order valence-corrected chi connectivity index (χ2v) is 7.03. The van der Waals surface area contributed by atoms with E-state index in [0.717, 1.165) is 5.56 Å². The van der Waals surface area contributed by atoms with Crippen LogP contribution in [0.15, 0.2) is 30.3 Å². The molecule has 0 bridgehead atoms. The standard InChI is InChI=1S/C13H21NO3S/c1-13(11-15,12-7-4-3-5-8-12)14-9-6-10-18(2,16)17/h3-5,7-8,14-15H,6,9-11H2,1-2H3. The van der Waals surface area contributed by atoms with Gasteiger partial charge >= 0.3 is 0 Å². The summed E-state index contributed by atoms with van der Waals surface area (Å²) < 4.78 is 22.0. The van der Waals surface area contributed by atoms with E-state index in [1.807, 2.05) is 37.3 Å². The largest absolute Gasteiger partial charge is 0.394 e. The molecule has 0 heterocycles. The molecule has 1 aromatic rings. The zero-order valence-electron chi connectivity index (χ0n) is 10.9. The Morgan fingerprint density at radius 3 is 2.39 bits per heavy atom. The summed E-state index contributed by atoms with van der Waals surface area (Å²) in [6.07, 6.45) is 1.77. The molecule has 0 fully saturated rings. The van der Waals surface area contributed by atoms with E-state index in [9.17, 15) is 13.5 Å². The van der Waals surface area contributed by atoms with Gasteiger partial charge in [0, 0.05) is 6.26 Å². The molecule has 102 valence electrons. The molecule has 1 unspecified atom stereocenters. The highest BCUT2D eigenvalue weighted by Gasteiger charge is 2.24. The van der Waals surface area contributed by atoms with E-state index in [1.54, 1.807) is 0 Å². The van der Waals surface area contributed by atoms with Crippen molar-refractivity contribution < 1.29 is 13.5 Å². The predicted molar refractivity (Wildman–Crippen MR) is 73.2 cm³/mol. The first-order valence-electron chi connectivity index (χ1n) is 5.96. The summed E-state index contributed by atoms with van der Waals surface area (Å²) in [5, 5.41) is 12.7. The van der Waals surface area contributed by atoms with Gasteiger partial charge in [0.2, 0.25) is 0 Å². The lowest BCUT2D eigenvalue weighted by atomic mass is 9.93. The summed E-state index contributed by atoms with van der Waals surface area (Å²) in [6, 6.07) is 9.65. The van der Waals surface area contributed by atoms with Crippen LogP contribution in [0.4, 0.5) is 0 Å². The van der Waals surface area contributed by atoms with Gasteiger partial charge < -0.3 is 10.4 Å². The molecule has 0 saturated heterocycles. The second-order valence-electron chi connectivity index (χ2n) is 4.77. The van der Waals surface area contributed by atoms with E-state index in [1.165, 1.54) is 6.26 Å². The van der Waals surface area contributed by atoms with Crippen molar-refractivity contribution in [1.29, 1.82) is 0 Å². The first kappa shape index (κ1) is 15.1. The number of aliphatic hydroxyl groups is 1. The monoisotopic (exact) mass is 271 g/mol. The molecule has 0 saturated carbocycles. The molecular formula is C13H21NO3S. The molecule has 0 aromatic heterocycles. The summed E-state index contributed by atoms with van der Waals surface area (Å²) in [4.78, 5) is 0. The van der Waals surface area contributed by atoms with Gasteiger partial charge in [-0.15, -0.1) is 0 Å². The van der Waals surface area contributed by atoms with Crippen LogP contribution in [-0.4, -0.2) is 38.7 Å². The van der Waals surface area contributed by atoms with Gasteiger partial charge in [-0.05, 0) is 25.5 Å². The molecule has 1 aromatic carbocycles. The third-order valence-electron chi connectivity index (χ3n) is 2.93. The van der Waals surface area contributed by atoms with Gasteiger partial charge in [-0.3, -0.25) is 0 Å². The van der Waals surface area contributed by atoms with Crippen molar-refractivity contribution in [3.05, 3.63) is 35.9 Å². The van der Waals surface area contributed by atoms with Crippen LogP contribution in [0.2, 0.25) is 0 Å². The number of hydrogen-bond donors (Lipinski definition) is 2. The highest BCUT2D eigenvalue weighted by molar-refractivity contribution is 7.90. The Morgan fingerprint density at radius 2 is 1.89 bits per heavy atom. The molecule has 0 aliphatic rings. The SMILES string of the molecule is CC(CO)(NCCCS(C)(=O)=O)c1ccccc1. The van der Waals surface area contributed by atoms with Crippen molar-refractivity contribution in [2.24, 2.45) is 0 Å². The van der Waals surface area contributed by atoms with E-state index in [-0.39, 0.29) is 12.4 Å². The normalized spacial score (nSPS) is 15.3. The first-order chi connectivity index (χ1) is 8.37. The van der Waals surface area contributed by atoms with Crippen molar-refractivity contribution in [2.45, 2.75) is 18.9 Å². The van der Waals surface area contributed by atoms with Crippen LogP contribution in [0.3, 0.4) is 0 Å². The van der Waals surface area contributed by atoms with Gasteiger partial charge in [-0.2, -0.15) is 0 Å². The molecule has 0 aliphatic heterocycles. The third-order valence-corrected chi connectivity index (χ3v) is 3.96. The zero-order valence-corrected chi connectivity index (χ0v) is 11.7. The van der Waals surface area contributed by atoms with E-state index in [2.05, 4.69) is 5.32 Å². The molecule has 1 rings (SSSR count). The van der Waals surface area contributed by atoms with Crippen molar-refractivity contribution in [2.75, 3.05) is 25.2 Å². The second kappa shape index (κ2) is 6.31. The van der Waals surface area contributed by atoms with E-state index in [4.69, 9.17) is 0 Å². The Bertz CT molecular complexity index is 458. The maximum absolute atomic E-state index is 11.0. The lowest BCUT2D eigenvalue weighted by Crippen LogP contribution is -2.43. The third kappa shape index (κ3) is 4.76. The van der Waals surface area contributed by atoms with E-state index >= 15 is 0 Å². The fourth-order valence-electron chi connectivity index (χ4n) is 1.75.